The van der Waals surface area contributed by atoms with Gasteiger partial charge in [0.25, 0.3) is 0 Å². The first-order valence-electron chi connectivity index (χ1n) is 10.5. The molecule has 1 N–H and O–H groups in total. The Labute approximate surface area is 191 Å². The maximum absolute atomic E-state index is 13.5. The zero-order valence-corrected chi connectivity index (χ0v) is 18.6. The number of benzene rings is 2. The molecule has 0 amide bonds. The highest BCUT2D eigenvalue weighted by atomic mass is 35.5. The van der Waals surface area contributed by atoms with E-state index in [-0.39, 0.29) is 5.02 Å². The number of fused-ring (bicyclic) bond motifs is 1. The van der Waals surface area contributed by atoms with Crippen LogP contribution in [0, 0.1) is 5.82 Å². The SMILES string of the molecule is CN(CCC1=Nc2nccc(/C(Cc3ccc(F)c(Cl)c3)=N/O)c2C1)Cc1ccccc1. The van der Waals surface area contributed by atoms with Crippen molar-refractivity contribution >= 4 is 28.8 Å². The summed E-state index contributed by atoms with van der Waals surface area (Å²) in [5, 5.41) is 13.3. The number of pyridine rings is 1. The van der Waals surface area contributed by atoms with E-state index in [1.54, 1.807) is 18.3 Å². The topological polar surface area (TPSA) is 61.1 Å². The van der Waals surface area contributed by atoms with Crippen LogP contribution in [-0.4, -0.2) is 40.1 Å². The molecular formula is C25H24ClFN4O. The van der Waals surface area contributed by atoms with Crippen molar-refractivity contribution in [3.8, 4) is 0 Å². The van der Waals surface area contributed by atoms with E-state index < -0.39 is 5.82 Å². The van der Waals surface area contributed by atoms with Gasteiger partial charge in [-0.25, -0.2) is 14.4 Å². The third-order valence-electron chi connectivity index (χ3n) is 5.54. The van der Waals surface area contributed by atoms with E-state index >= 15 is 0 Å². The van der Waals surface area contributed by atoms with Gasteiger partial charge in [0.05, 0.1) is 10.7 Å². The summed E-state index contributed by atoms with van der Waals surface area (Å²) in [7, 11) is 2.10. The Morgan fingerprint density at radius 1 is 1.16 bits per heavy atom. The van der Waals surface area contributed by atoms with E-state index in [2.05, 4.69) is 34.2 Å². The first-order valence-corrected chi connectivity index (χ1v) is 10.8. The number of aliphatic imine (C=N–C) groups is 1. The number of halogens is 2. The van der Waals surface area contributed by atoms with Crippen molar-refractivity contribution in [3.63, 3.8) is 0 Å². The van der Waals surface area contributed by atoms with Gasteiger partial charge >= 0.3 is 0 Å². The van der Waals surface area contributed by atoms with Gasteiger partial charge in [0.1, 0.15) is 5.82 Å². The molecule has 5 nitrogen and oxygen atoms in total. The molecule has 7 heteroatoms. The van der Waals surface area contributed by atoms with Crippen LogP contribution < -0.4 is 0 Å². The summed E-state index contributed by atoms with van der Waals surface area (Å²) < 4.78 is 13.5. The summed E-state index contributed by atoms with van der Waals surface area (Å²) in [6, 6.07) is 16.7. The van der Waals surface area contributed by atoms with Gasteiger partial charge in [-0.3, -0.25) is 0 Å². The number of hydrogen-bond acceptors (Lipinski definition) is 5. The van der Waals surface area contributed by atoms with E-state index in [0.717, 1.165) is 41.9 Å². The largest absolute Gasteiger partial charge is 0.411 e. The monoisotopic (exact) mass is 450 g/mol. The molecule has 4 rings (SSSR count). The van der Waals surface area contributed by atoms with Crippen molar-refractivity contribution in [1.29, 1.82) is 0 Å². The van der Waals surface area contributed by atoms with Gasteiger partial charge in [-0.05, 0) is 42.8 Å². The molecular weight excluding hydrogens is 427 g/mol. The zero-order chi connectivity index (χ0) is 22.5. The van der Waals surface area contributed by atoms with Crippen LogP contribution in [0.4, 0.5) is 10.2 Å². The normalized spacial score (nSPS) is 13.4. The predicted octanol–water partition coefficient (Wildman–Crippen LogP) is 5.45. The molecule has 164 valence electrons. The van der Waals surface area contributed by atoms with Gasteiger partial charge in [0, 0.05) is 49.0 Å². The lowest BCUT2D eigenvalue weighted by atomic mass is 9.96. The summed E-state index contributed by atoms with van der Waals surface area (Å²) in [6.07, 6.45) is 3.49. The second-order valence-electron chi connectivity index (χ2n) is 7.96. The van der Waals surface area contributed by atoms with Gasteiger partial charge in [0.15, 0.2) is 5.82 Å². The first kappa shape index (κ1) is 22.1. The van der Waals surface area contributed by atoms with Gasteiger partial charge in [0.2, 0.25) is 0 Å². The maximum atomic E-state index is 13.5. The fraction of sp³-hybridized carbons (Fsp3) is 0.240. The predicted molar refractivity (Wildman–Crippen MR) is 126 cm³/mol. The third-order valence-corrected chi connectivity index (χ3v) is 5.83. The van der Waals surface area contributed by atoms with Crippen LogP contribution in [-0.2, 0) is 19.4 Å². The Morgan fingerprint density at radius 2 is 1.97 bits per heavy atom. The maximum Gasteiger partial charge on any atom is 0.155 e. The first-order chi connectivity index (χ1) is 15.5. The molecule has 0 fully saturated rings. The Kier molecular flexibility index (Phi) is 6.93. The number of hydrogen-bond donors (Lipinski definition) is 1. The molecule has 0 aliphatic carbocycles. The molecule has 0 saturated heterocycles. The van der Waals surface area contributed by atoms with Crippen LogP contribution in [0.2, 0.25) is 5.02 Å². The van der Waals surface area contributed by atoms with Crippen LogP contribution in [0.1, 0.15) is 28.7 Å². The van der Waals surface area contributed by atoms with Crippen molar-refractivity contribution in [2.24, 2.45) is 10.1 Å². The lowest BCUT2D eigenvalue weighted by molar-refractivity contribution is 0.318. The Balaban J connectivity index is 1.42. The summed E-state index contributed by atoms with van der Waals surface area (Å²) in [6.45, 7) is 1.76. The molecule has 2 aromatic carbocycles. The Morgan fingerprint density at radius 3 is 2.72 bits per heavy atom. The van der Waals surface area contributed by atoms with Crippen LogP contribution in [0.15, 0.2) is 70.9 Å². The Bertz CT molecular complexity index is 1160. The molecule has 0 unspecified atom stereocenters. The van der Waals surface area contributed by atoms with Gasteiger partial charge in [-0.15, -0.1) is 0 Å². The average Bonchev–Trinajstić information content (AvgIpc) is 3.22. The molecule has 0 saturated carbocycles. The van der Waals surface area contributed by atoms with Crippen molar-refractivity contribution in [1.82, 2.24) is 9.88 Å². The van der Waals surface area contributed by atoms with Gasteiger partial charge in [-0.1, -0.05) is 53.2 Å². The van der Waals surface area contributed by atoms with Crippen molar-refractivity contribution in [2.75, 3.05) is 13.6 Å². The standard InChI is InChI=1S/C25H24ClFN4O/c1-31(16-17-5-3-2-4-6-17)12-10-19-15-21-20(9-11-28-25(21)29-19)24(30-32)14-18-7-8-23(27)22(26)13-18/h2-9,11,13,32H,10,12,14-16H2,1H3/b30-24+. The summed E-state index contributed by atoms with van der Waals surface area (Å²) in [5.41, 5.74) is 5.33. The van der Waals surface area contributed by atoms with Crippen molar-refractivity contribution in [3.05, 3.63) is 93.9 Å². The van der Waals surface area contributed by atoms with Crippen LogP contribution in [0.5, 0.6) is 0 Å². The van der Waals surface area contributed by atoms with E-state index in [1.165, 1.54) is 11.6 Å². The number of aromatic nitrogens is 1. The summed E-state index contributed by atoms with van der Waals surface area (Å²) >= 11 is 5.90. The highest BCUT2D eigenvalue weighted by Gasteiger charge is 2.22. The minimum atomic E-state index is -0.474. The minimum Gasteiger partial charge on any atom is -0.411 e. The van der Waals surface area contributed by atoms with Crippen LogP contribution >= 0.6 is 11.6 Å². The second-order valence-corrected chi connectivity index (χ2v) is 8.37. The van der Waals surface area contributed by atoms with Crippen molar-refractivity contribution < 1.29 is 9.60 Å². The summed E-state index contributed by atoms with van der Waals surface area (Å²) in [4.78, 5) is 11.4. The number of nitrogens with zero attached hydrogens (tertiary/aromatic N) is 4. The van der Waals surface area contributed by atoms with Gasteiger partial charge in [-0.2, -0.15) is 0 Å². The zero-order valence-electron chi connectivity index (χ0n) is 17.8. The molecule has 1 aliphatic heterocycles. The van der Waals surface area contributed by atoms with Crippen molar-refractivity contribution in [2.45, 2.75) is 25.8 Å². The van der Waals surface area contributed by atoms with E-state index in [1.807, 2.05) is 24.3 Å². The van der Waals surface area contributed by atoms with E-state index in [4.69, 9.17) is 16.6 Å². The quantitative estimate of drug-likeness (QED) is 0.282. The van der Waals surface area contributed by atoms with Gasteiger partial charge < -0.3 is 10.1 Å². The van der Waals surface area contributed by atoms with E-state index in [9.17, 15) is 9.60 Å². The molecule has 0 atom stereocenters. The average molecular weight is 451 g/mol. The molecule has 1 aliphatic rings. The highest BCUT2D eigenvalue weighted by Crippen LogP contribution is 2.29. The lowest BCUT2D eigenvalue weighted by Crippen LogP contribution is -2.21. The van der Waals surface area contributed by atoms with E-state index in [0.29, 0.717) is 24.4 Å². The molecule has 1 aromatic heterocycles. The highest BCUT2D eigenvalue weighted by molar-refractivity contribution is 6.30. The molecule has 3 aromatic rings. The molecule has 2 heterocycles. The summed E-state index contributed by atoms with van der Waals surface area (Å²) in [5.74, 6) is 0.194. The van der Waals surface area contributed by atoms with Crippen LogP contribution in [0.25, 0.3) is 0 Å². The second kappa shape index (κ2) is 10.0. The smallest absolute Gasteiger partial charge is 0.155 e. The Hall–Kier alpha value is -3.09. The molecule has 0 bridgehead atoms. The third kappa shape index (κ3) is 5.21. The number of oxime groups is 1. The molecule has 0 spiro atoms. The number of rotatable bonds is 8. The molecule has 0 radical (unpaired) electrons. The van der Waals surface area contributed by atoms with Crippen LogP contribution in [0.3, 0.4) is 0 Å². The lowest BCUT2D eigenvalue weighted by Gasteiger charge is -2.16. The fourth-order valence-corrected chi connectivity index (χ4v) is 4.08. The minimum absolute atomic E-state index is 0.0463. The fourth-order valence-electron chi connectivity index (χ4n) is 3.88. The molecule has 32 heavy (non-hydrogen) atoms.